The molecule has 2 N–H and O–H groups in total. The van der Waals surface area contributed by atoms with E-state index in [0.29, 0.717) is 10.6 Å². The van der Waals surface area contributed by atoms with Gasteiger partial charge in [0.1, 0.15) is 9.88 Å². The number of thioether (sulfide) groups is 1. The normalized spacial score (nSPS) is 16.0. The zero-order valence-electron chi connectivity index (χ0n) is 13.0. The van der Waals surface area contributed by atoms with Gasteiger partial charge in [-0.05, 0) is 25.0 Å². The first-order chi connectivity index (χ1) is 10.1. The Kier molecular flexibility index (Phi) is 5.81. The van der Waals surface area contributed by atoms with Gasteiger partial charge in [-0.3, -0.25) is 0 Å². The van der Waals surface area contributed by atoms with Gasteiger partial charge in [-0.1, -0.05) is 19.3 Å². The maximum Gasteiger partial charge on any atom is 0.350 e. The van der Waals surface area contributed by atoms with Gasteiger partial charge < -0.3 is 15.4 Å². The summed E-state index contributed by atoms with van der Waals surface area (Å²) in [6.45, 7) is 1.04. The number of methoxy groups -OCH3 is 1. The van der Waals surface area contributed by atoms with Crippen molar-refractivity contribution < 1.29 is 9.53 Å². The van der Waals surface area contributed by atoms with Gasteiger partial charge in [-0.2, -0.15) is 0 Å². The topological polar surface area (TPSA) is 55.6 Å². The minimum Gasteiger partial charge on any atom is -0.465 e. The van der Waals surface area contributed by atoms with Crippen LogP contribution in [0.25, 0.3) is 0 Å². The van der Waals surface area contributed by atoms with Crippen LogP contribution in [-0.2, 0) is 4.74 Å². The molecule has 21 heavy (non-hydrogen) atoms. The largest absolute Gasteiger partial charge is 0.465 e. The molecule has 0 radical (unpaired) electrons. The summed E-state index contributed by atoms with van der Waals surface area (Å²) in [4.78, 5) is 15.6. The smallest absolute Gasteiger partial charge is 0.350 e. The first-order valence-corrected chi connectivity index (χ1v) is 9.38. The molecule has 1 fully saturated rings. The molecule has 118 valence electrons. The molecule has 1 aliphatic carbocycles. The lowest BCUT2D eigenvalue weighted by atomic mass is 9.89. The van der Waals surface area contributed by atoms with Crippen molar-refractivity contribution in [3.63, 3.8) is 0 Å². The molecule has 0 amide bonds. The van der Waals surface area contributed by atoms with Crippen LogP contribution in [0.4, 0.5) is 10.7 Å². The quantitative estimate of drug-likeness (QED) is 0.657. The van der Waals surface area contributed by atoms with Crippen LogP contribution in [0.2, 0.25) is 0 Å². The zero-order chi connectivity index (χ0) is 15.4. The first kappa shape index (κ1) is 16.5. The lowest BCUT2D eigenvalue weighted by Gasteiger charge is -2.28. The molecular formula is C15H24N2O2S2. The van der Waals surface area contributed by atoms with Crippen LogP contribution in [0.5, 0.6) is 0 Å². The molecule has 0 atom stereocenters. The molecule has 0 bridgehead atoms. The highest BCUT2D eigenvalue weighted by Gasteiger charge is 2.24. The van der Waals surface area contributed by atoms with Crippen LogP contribution in [0.15, 0.2) is 4.90 Å². The van der Waals surface area contributed by atoms with E-state index >= 15 is 0 Å². The Balaban J connectivity index is 2.19. The highest BCUT2D eigenvalue weighted by molar-refractivity contribution is 7.99. The number of carbonyl (C=O) groups is 1. The molecule has 1 heterocycles. The molecule has 4 nitrogen and oxygen atoms in total. The van der Waals surface area contributed by atoms with Gasteiger partial charge in [0.05, 0.1) is 17.7 Å². The van der Waals surface area contributed by atoms with Crippen molar-refractivity contribution in [3.8, 4) is 0 Å². The molecule has 6 heteroatoms. The predicted molar refractivity (Wildman–Crippen MR) is 91.7 cm³/mol. The van der Waals surface area contributed by atoms with E-state index in [1.165, 1.54) is 50.6 Å². The molecule has 0 saturated heterocycles. The molecule has 0 spiro atoms. The van der Waals surface area contributed by atoms with Gasteiger partial charge >= 0.3 is 5.97 Å². The number of carbonyl (C=O) groups excluding carboxylic acids is 1. The Bertz CT molecular complexity index is 496. The number of anilines is 2. The van der Waals surface area contributed by atoms with Crippen LogP contribution in [-0.4, -0.2) is 32.9 Å². The molecule has 0 unspecified atom stereocenters. The van der Waals surface area contributed by atoms with Crippen LogP contribution < -0.4 is 10.6 Å². The van der Waals surface area contributed by atoms with E-state index in [1.807, 2.05) is 6.26 Å². The molecule has 1 aromatic heterocycles. The maximum absolute atomic E-state index is 11.8. The summed E-state index contributed by atoms with van der Waals surface area (Å²) in [7, 11) is 3.49. The summed E-state index contributed by atoms with van der Waals surface area (Å²) < 4.78 is 4.82. The second-order valence-electron chi connectivity index (χ2n) is 5.56. The van der Waals surface area contributed by atoms with E-state index in [2.05, 4.69) is 11.9 Å². The summed E-state index contributed by atoms with van der Waals surface area (Å²) in [5, 5.41) is 1.09. The van der Waals surface area contributed by atoms with Crippen LogP contribution in [0.1, 0.15) is 41.8 Å². The predicted octanol–water partition coefficient (Wildman–Crippen LogP) is 3.86. The van der Waals surface area contributed by atoms with Crippen LogP contribution in [0.3, 0.4) is 0 Å². The van der Waals surface area contributed by atoms with Gasteiger partial charge in [-0.15, -0.1) is 23.1 Å². The van der Waals surface area contributed by atoms with E-state index in [1.54, 1.807) is 11.8 Å². The minimum atomic E-state index is -0.342. The number of nitrogen functional groups attached to an aromatic ring is 1. The van der Waals surface area contributed by atoms with Crippen molar-refractivity contribution >= 4 is 39.8 Å². The Morgan fingerprint density at radius 3 is 2.67 bits per heavy atom. The van der Waals surface area contributed by atoms with Gasteiger partial charge in [0, 0.05) is 13.6 Å². The fraction of sp³-hybridized carbons (Fsp3) is 0.667. The van der Waals surface area contributed by atoms with E-state index < -0.39 is 0 Å². The molecule has 2 rings (SSSR count). The number of ether oxygens (including phenoxy) is 1. The third kappa shape index (κ3) is 3.66. The van der Waals surface area contributed by atoms with Gasteiger partial charge in [0.25, 0.3) is 0 Å². The Morgan fingerprint density at radius 2 is 2.10 bits per heavy atom. The lowest BCUT2D eigenvalue weighted by Crippen LogP contribution is -2.26. The van der Waals surface area contributed by atoms with Crippen LogP contribution in [0, 0.1) is 5.92 Å². The lowest BCUT2D eigenvalue weighted by molar-refractivity contribution is 0.0607. The molecule has 1 saturated carbocycles. The number of nitrogens with two attached hydrogens (primary N) is 1. The second-order valence-corrected chi connectivity index (χ2v) is 7.37. The maximum atomic E-state index is 11.8. The average Bonchev–Trinajstić information content (AvgIpc) is 2.84. The average molecular weight is 329 g/mol. The fourth-order valence-corrected chi connectivity index (χ4v) is 5.05. The molecule has 1 aromatic rings. The van der Waals surface area contributed by atoms with Gasteiger partial charge in [0.15, 0.2) is 0 Å². The monoisotopic (exact) mass is 328 g/mol. The Morgan fingerprint density at radius 1 is 1.43 bits per heavy atom. The van der Waals surface area contributed by atoms with E-state index in [0.717, 1.165) is 22.4 Å². The van der Waals surface area contributed by atoms with Crippen molar-refractivity contribution in [3.05, 3.63) is 4.88 Å². The molecule has 0 aromatic carbocycles. The highest BCUT2D eigenvalue weighted by atomic mass is 32.2. The van der Waals surface area contributed by atoms with Crippen molar-refractivity contribution in [1.29, 1.82) is 0 Å². The zero-order valence-corrected chi connectivity index (χ0v) is 14.6. The fourth-order valence-electron chi connectivity index (χ4n) is 2.95. The van der Waals surface area contributed by atoms with E-state index in [9.17, 15) is 4.79 Å². The van der Waals surface area contributed by atoms with Crippen molar-refractivity contribution in [1.82, 2.24) is 0 Å². The number of rotatable bonds is 5. The van der Waals surface area contributed by atoms with Gasteiger partial charge in [-0.25, -0.2) is 4.79 Å². The third-order valence-electron chi connectivity index (χ3n) is 4.06. The van der Waals surface area contributed by atoms with Gasteiger partial charge in [0.2, 0.25) is 0 Å². The van der Waals surface area contributed by atoms with E-state index in [4.69, 9.17) is 10.5 Å². The number of hydrogen-bond donors (Lipinski definition) is 1. The molecular weight excluding hydrogens is 304 g/mol. The number of esters is 1. The Labute approximate surface area is 135 Å². The number of thiophene rings is 1. The third-order valence-corrected chi connectivity index (χ3v) is 6.31. The summed E-state index contributed by atoms with van der Waals surface area (Å²) in [5.74, 6) is 0.411. The van der Waals surface area contributed by atoms with Crippen molar-refractivity contribution in [2.24, 2.45) is 5.92 Å². The van der Waals surface area contributed by atoms with Crippen molar-refractivity contribution in [2.45, 2.75) is 37.0 Å². The van der Waals surface area contributed by atoms with Crippen molar-refractivity contribution in [2.75, 3.05) is 37.6 Å². The van der Waals surface area contributed by atoms with Crippen LogP contribution >= 0.6 is 23.1 Å². The second kappa shape index (κ2) is 7.40. The minimum absolute atomic E-state index is 0.342. The summed E-state index contributed by atoms with van der Waals surface area (Å²) in [6, 6.07) is 0. The standard InChI is InChI=1S/C15H24N2O2S2/c1-17(9-10-7-5-4-6-8-10)14-12(20-3)11(16)13(21-14)15(18)19-2/h10H,4-9,16H2,1-3H3. The number of hydrogen-bond acceptors (Lipinski definition) is 6. The van der Waals surface area contributed by atoms with E-state index in [-0.39, 0.29) is 5.97 Å². The summed E-state index contributed by atoms with van der Waals surface area (Å²) in [6.07, 6.45) is 8.67. The summed E-state index contributed by atoms with van der Waals surface area (Å²) >= 11 is 3.04. The first-order valence-electron chi connectivity index (χ1n) is 7.34. The SMILES string of the molecule is COC(=O)c1sc(N(C)CC2CCCCC2)c(SC)c1N. The molecule has 0 aliphatic heterocycles. The number of nitrogens with zero attached hydrogens (tertiary/aromatic N) is 1. The molecule has 1 aliphatic rings. The Hall–Kier alpha value is -0.880. The summed E-state index contributed by atoms with van der Waals surface area (Å²) in [5.41, 5.74) is 6.68. The highest BCUT2D eigenvalue weighted by Crippen LogP contribution is 2.44.